The van der Waals surface area contributed by atoms with E-state index in [-0.39, 0.29) is 6.61 Å². The molecule has 38 heavy (non-hydrogen) atoms. The number of aliphatic hydroxyl groups is 1. The van der Waals surface area contributed by atoms with Gasteiger partial charge >= 0.3 is 0 Å². The van der Waals surface area contributed by atoms with E-state index < -0.39 is 0 Å². The second-order valence-electron chi connectivity index (χ2n) is 10.3. The molecule has 0 spiro atoms. The van der Waals surface area contributed by atoms with Gasteiger partial charge in [0.15, 0.2) is 0 Å². The van der Waals surface area contributed by atoms with Crippen molar-refractivity contribution in [1.82, 2.24) is 34.6 Å². The number of fused-ring (bicyclic) bond motifs is 3. The fourth-order valence-corrected chi connectivity index (χ4v) is 5.83. The Morgan fingerprint density at radius 3 is 2.68 bits per heavy atom. The van der Waals surface area contributed by atoms with E-state index >= 15 is 0 Å². The zero-order valence-corrected chi connectivity index (χ0v) is 21.1. The maximum Gasteiger partial charge on any atom is 0.227 e. The van der Waals surface area contributed by atoms with E-state index in [1.165, 1.54) is 0 Å². The van der Waals surface area contributed by atoms with E-state index in [4.69, 9.17) is 19.8 Å². The molecule has 7 rings (SSSR count). The molecule has 6 heterocycles. The molecule has 2 atom stereocenters. The summed E-state index contributed by atoms with van der Waals surface area (Å²) in [6.45, 7) is 4.42. The lowest BCUT2D eigenvalue weighted by Crippen LogP contribution is -2.64. The number of hydrogen-bond acceptors (Lipinski definition) is 10. The van der Waals surface area contributed by atoms with Gasteiger partial charge in [0, 0.05) is 49.2 Å². The second-order valence-corrected chi connectivity index (χ2v) is 10.3. The molecule has 0 aliphatic carbocycles. The number of aliphatic hydroxyl groups excluding tert-OH is 1. The van der Waals surface area contributed by atoms with Gasteiger partial charge in [-0.3, -0.25) is 4.68 Å². The summed E-state index contributed by atoms with van der Waals surface area (Å²) in [7, 11) is 0. The van der Waals surface area contributed by atoms with Crippen LogP contribution in [0.25, 0.3) is 22.2 Å². The summed E-state index contributed by atoms with van der Waals surface area (Å²) in [5, 5.41) is 18.0. The zero-order chi connectivity index (χ0) is 25.5. The van der Waals surface area contributed by atoms with Crippen molar-refractivity contribution in [2.24, 2.45) is 0 Å². The average Bonchev–Trinajstić information content (AvgIpc) is 3.42. The summed E-state index contributed by atoms with van der Waals surface area (Å²) < 4.78 is 7.62. The highest BCUT2D eigenvalue weighted by Gasteiger charge is 2.43. The van der Waals surface area contributed by atoms with Crippen LogP contribution < -0.4 is 10.2 Å². The molecule has 3 aliphatic rings. The Morgan fingerprint density at radius 1 is 1.00 bits per heavy atom. The van der Waals surface area contributed by atoms with Gasteiger partial charge in [-0.25, -0.2) is 19.9 Å². The standard InChI is InChI=1S/C27H31N9O2/c37-10-9-34-7-4-21(5-8-34)35-15-20(14-30-35)31-26-28-6-3-25(32-26)18-1-2-24-19(11-18)13-29-27(33-24)36-22-12-23(36)17-38-16-22/h1-3,6,11,13-15,21-23,37H,4-5,7-10,12,16-17H2,(H,28,31,32). The summed E-state index contributed by atoms with van der Waals surface area (Å²) in [5.74, 6) is 1.32. The van der Waals surface area contributed by atoms with Crippen molar-refractivity contribution in [1.29, 1.82) is 0 Å². The van der Waals surface area contributed by atoms with Gasteiger partial charge in [-0.15, -0.1) is 0 Å². The maximum atomic E-state index is 9.16. The van der Waals surface area contributed by atoms with Crippen LogP contribution in [0.3, 0.4) is 0 Å². The van der Waals surface area contributed by atoms with Crippen molar-refractivity contribution >= 4 is 28.5 Å². The lowest BCUT2D eigenvalue weighted by atomic mass is 9.92. The number of likely N-dealkylation sites (tertiary alicyclic amines) is 1. The van der Waals surface area contributed by atoms with E-state index in [1.807, 2.05) is 41.5 Å². The minimum atomic E-state index is 0.211. The molecule has 0 saturated carbocycles. The Labute approximate surface area is 220 Å². The van der Waals surface area contributed by atoms with E-state index in [1.54, 1.807) is 6.20 Å². The number of piperidine rings is 1. The Kier molecular flexibility index (Phi) is 6.11. The Bertz CT molecular complexity index is 1420. The highest BCUT2D eigenvalue weighted by atomic mass is 16.5. The summed E-state index contributed by atoms with van der Waals surface area (Å²) in [6.07, 6.45) is 10.7. The quantitative estimate of drug-likeness (QED) is 0.382. The molecule has 0 radical (unpaired) electrons. The lowest BCUT2D eigenvalue weighted by Gasteiger charge is -2.52. The van der Waals surface area contributed by atoms with E-state index in [9.17, 15) is 0 Å². The molecule has 0 amide bonds. The Hall–Kier alpha value is -3.67. The minimum absolute atomic E-state index is 0.211. The van der Waals surface area contributed by atoms with Crippen molar-refractivity contribution < 1.29 is 9.84 Å². The molecule has 11 nitrogen and oxygen atoms in total. The smallest absolute Gasteiger partial charge is 0.227 e. The number of aromatic nitrogens is 6. The molecule has 11 heteroatoms. The fourth-order valence-electron chi connectivity index (χ4n) is 5.83. The van der Waals surface area contributed by atoms with Crippen LogP contribution in [0.2, 0.25) is 0 Å². The van der Waals surface area contributed by atoms with Gasteiger partial charge in [-0.2, -0.15) is 5.10 Å². The normalized spacial score (nSPS) is 22.0. The highest BCUT2D eigenvalue weighted by molar-refractivity contribution is 5.84. The number of morpholine rings is 1. The van der Waals surface area contributed by atoms with Crippen molar-refractivity contribution in [2.45, 2.75) is 37.4 Å². The number of benzene rings is 1. The Balaban J connectivity index is 1.05. The van der Waals surface area contributed by atoms with Gasteiger partial charge in [0.25, 0.3) is 0 Å². The van der Waals surface area contributed by atoms with Gasteiger partial charge < -0.3 is 25.0 Å². The SMILES string of the molecule is OCCN1CCC(n2cc(Nc3nccc(-c4ccc5nc(N6C7COCC6C7)ncc5c4)n3)cn2)CC1. The molecular formula is C27H31N9O2. The van der Waals surface area contributed by atoms with Gasteiger partial charge in [0.1, 0.15) is 0 Å². The Morgan fingerprint density at radius 2 is 1.87 bits per heavy atom. The van der Waals surface area contributed by atoms with E-state index in [2.05, 4.69) is 36.2 Å². The molecule has 196 valence electrons. The molecule has 2 bridgehead atoms. The van der Waals surface area contributed by atoms with Crippen LogP contribution in [0, 0.1) is 0 Å². The zero-order valence-electron chi connectivity index (χ0n) is 21.1. The van der Waals surface area contributed by atoms with Crippen molar-refractivity contribution in [3.8, 4) is 11.3 Å². The van der Waals surface area contributed by atoms with Crippen LogP contribution in [0.4, 0.5) is 17.6 Å². The van der Waals surface area contributed by atoms with Gasteiger partial charge in [-0.1, -0.05) is 6.07 Å². The average molecular weight is 514 g/mol. The fraction of sp³-hybridized carbons (Fsp3) is 0.444. The van der Waals surface area contributed by atoms with Crippen LogP contribution in [0.15, 0.2) is 49.1 Å². The van der Waals surface area contributed by atoms with E-state index in [0.717, 1.165) is 85.9 Å². The van der Waals surface area contributed by atoms with Crippen LogP contribution in [0.5, 0.6) is 0 Å². The van der Waals surface area contributed by atoms with Gasteiger partial charge in [0.05, 0.1) is 61.0 Å². The molecule has 1 aromatic carbocycles. The maximum absolute atomic E-state index is 9.16. The first kappa shape index (κ1) is 23.4. The third-order valence-electron chi connectivity index (χ3n) is 7.91. The number of nitrogens with zero attached hydrogens (tertiary/aromatic N) is 8. The molecule has 3 aromatic heterocycles. The first-order valence-electron chi connectivity index (χ1n) is 13.3. The number of anilines is 3. The molecule has 3 saturated heterocycles. The van der Waals surface area contributed by atoms with Crippen LogP contribution in [-0.4, -0.2) is 91.3 Å². The molecule has 2 N–H and O–H groups in total. The number of hydrogen-bond donors (Lipinski definition) is 2. The summed E-state index contributed by atoms with van der Waals surface area (Å²) >= 11 is 0. The summed E-state index contributed by atoms with van der Waals surface area (Å²) in [6, 6.07) is 9.23. The van der Waals surface area contributed by atoms with Crippen molar-refractivity contribution in [3.63, 3.8) is 0 Å². The minimum Gasteiger partial charge on any atom is -0.395 e. The number of β-amino-alcohol motifs (C(OH)–C–C–N with tert-alkyl or cyclic N) is 1. The molecule has 4 aromatic rings. The molecule has 3 aliphatic heterocycles. The second kappa shape index (κ2) is 9.90. The van der Waals surface area contributed by atoms with Gasteiger partial charge in [-0.05, 0) is 37.5 Å². The number of rotatable bonds is 7. The molecule has 3 fully saturated rings. The monoisotopic (exact) mass is 513 g/mol. The number of ether oxygens (including phenoxy) is 1. The number of nitrogens with one attached hydrogen (secondary N) is 1. The van der Waals surface area contributed by atoms with E-state index in [0.29, 0.717) is 24.1 Å². The first-order valence-corrected chi connectivity index (χ1v) is 13.3. The summed E-state index contributed by atoms with van der Waals surface area (Å²) in [4.78, 5) is 23.3. The van der Waals surface area contributed by atoms with Crippen molar-refractivity contribution in [2.75, 3.05) is 49.7 Å². The van der Waals surface area contributed by atoms with Crippen LogP contribution >= 0.6 is 0 Å². The largest absolute Gasteiger partial charge is 0.395 e. The van der Waals surface area contributed by atoms with Gasteiger partial charge in [0.2, 0.25) is 11.9 Å². The predicted octanol–water partition coefficient (Wildman–Crippen LogP) is 2.63. The highest BCUT2D eigenvalue weighted by Crippen LogP contribution is 2.34. The molecule has 2 unspecified atom stereocenters. The third-order valence-corrected chi connectivity index (χ3v) is 7.91. The topological polar surface area (TPSA) is 117 Å². The lowest BCUT2D eigenvalue weighted by molar-refractivity contribution is 0.00911. The van der Waals surface area contributed by atoms with Crippen LogP contribution in [-0.2, 0) is 4.74 Å². The predicted molar refractivity (Wildman–Crippen MR) is 143 cm³/mol. The molecular weight excluding hydrogens is 482 g/mol. The summed E-state index contributed by atoms with van der Waals surface area (Å²) in [5.41, 5.74) is 3.59. The third kappa shape index (κ3) is 4.46. The first-order chi connectivity index (χ1) is 18.7. The van der Waals surface area contributed by atoms with Crippen molar-refractivity contribution in [3.05, 3.63) is 49.1 Å². The van der Waals surface area contributed by atoms with Crippen LogP contribution in [0.1, 0.15) is 25.3 Å².